The van der Waals surface area contributed by atoms with Gasteiger partial charge in [0, 0.05) is 11.6 Å². The molecule has 16 heavy (non-hydrogen) atoms. The summed E-state index contributed by atoms with van der Waals surface area (Å²) in [5.74, 6) is 2.34. The molecule has 1 aliphatic rings. The Balaban J connectivity index is 2.01. The van der Waals surface area contributed by atoms with Gasteiger partial charge in [-0.3, -0.25) is 0 Å². The van der Waals surface area contributed by atoms with Crippen molar-refractivity contribution in [2.45, 2.75) is 45.6 Å². The van der Waals surface area contributed by atoms with Crippen LogP contribution in [0.4, 0.5) is 11.6 Å². The summed E-state index contributed by atoms with van der Waals surface area (Å²) < 4.78 is 0. The Morgan fingerprint density at radius 3 is 2.62 bits per heavy atom. The fourth-order valence-corrected chi connectivity index (χ4v) is 2.21. The van der Waals surface area contributed by atoms with Crippen LogP contribution in [-0.4, -0.2) is 16.0 Å². The molecule has 0 bridgehead atoms. The van der Waals surface area contributed by atoms with E-state index in [1.54, 1.807) is 0 Å². The summed E-state index contributed by atoms with van der Waals surface area (Å²) in [5.41, 5.74) is 6.72. The number of aromatic nitrogens is 2. The van der Waals surface area contributed by atoms with Gasteiger partial charge in [-0.05, 0) is 38.5 Å². The molecule has 4 heteroatoms. The van der Waals surface area contributed by atoms with E-state index in [-0.39, 0.29) is 0 Å². The van der Waals surface area contributed by atoms with Crippen LogP contribution < -0.4 is 11.1 Å². The summed E-state index contributed by atoms with van der Waals surface area (Å²) >= 11 is 0. The van der Waals surface area contributed by atoms with Gasteiger partial charge in [0.05, 0.1) is 0 Å². The second-order valence-electron chi connectivity index (χ2n) is 4.83. The van der Waals surface area contributed by atoms with Gasteiger partial charge in [-0.25, -0.2) is 9.97 Å². The maximum Gasteiger partial charge on any atom is 0.134 e. The number of nitrogens with two attached hydrogens (primary N) is 1. The molecule has 1 aromatic rings. The molecule has 0 radical (unpaired) electrons. The highest BCUT2D eigenvalue weighted by atomic mass is 15.1. The van der Waals surface area contributed by atoms with Crippen LogP contribution in [-0.2, 0) is 0 Å². The number of rotatable bonds is 2. The van der Waals surface area contributed by atoms with Gasteiger partial charge in [-0.1, -0.05) is 6.92 Å². The predicted octanol–water partition coefficient (Wildman–Crippen LogP) is 2.36. The average Bonchev–Trinajstić information content (AvgIpc) is 2.28. The zero-order valence-electron chi connectivity index (χ0n) is 10.0. The lowest BCUT2D eigenvalue weighted by atomic mass is 9.87. The molecule has 1 saturated carbocycles. The third kappa shape index (κ3) is 2.43. The summed E-state index contributed by atoms with van der Waals surface area (Å²) in [7, 11) is 0. The SMILES string of the molecule is Cc1c(N)ncnc1NC1CCC(C)CC1. The Hall–Kier alpha value is -1.32. The molecule has 0 aliphatic heterocycles. The lowest BCUT2D eigenvalue weighted by molar-refractivity contribution is 0.360. The molecule has 1 aliphatic carbocycles. The largest absolute Gasteiger partial charge is 0.383 e. The Bertz CT molecular complexity index is 356. The number of nitrogen functional groups attached to an aromatic ring is 1. The first-order valence-corrected chi connectivity index (χ1v) is 6.00. The van der Waals surface area contributed by atoms with Crippen LogP contribution in [0.5, 0.6) is 0 Å². The molecule has 1 heterocycles. The molecule has 0 spiro atoms. The third-order valence-corrected chi connectivity index (χ3v) is 3.48. The Morgan fingerprint density at radius 1 is 1.25 bits per heavy atom. The summed E-state index contributed by atoms with van der Waals surface area (Å²) in [6.45, 7) is 4.28. The van der Waals surface area contributed by atoms with E-state index in [1.165, 1.54) is 32.0 Å². The van der Waals surface area contributed by atoms with Crippen LogP contribution in [0.3, 0.4) is 0 Å². The molecule has 88 valence electrons. The molecule has 1 aromatic heterocycles. The number of nitrogens with zero attached hydrogens (tertiary/aromatic N) is 2. The molecule has 2 rings (SSSR count). The first-order valence-electron chi connectivity index (χ1n) is 6.00. The van der Waals surface area contributed by atoms with Crippen molar-refractivity contribution in [1.29, 1.82) is 0 Å². The molecule has 0 saturated heterocycles. The van der Waals surface area contributed by atoms with E-state index in [2.05, 4.69) is 22.2 Å². The van der Waals surface area contributed by atoms with Gasteiger partial charge in [-0.15, -0.1) is 0 Å². The lowest BCUT2D eigenvalue weighted by Gasteiger charge is -2.27. The zero-order chi connectivity index (χ0) is 11.5. The molecule has 4 nitrogen and oxygen atoms in total. The van der Waals surface area contributed by atoms with Crippen molar-refractivity contribution < 1.29 is 0 Å². The minimum Gasteiger partial charge on any atom is -0.383 e. The number of anilines is 2. The maximum atomic E-state index is 5.76. The normalized spacial score (nSPS) is 25.4. The van der Waals surface area contributed by atoms with Crippen LogP contribution in [0, 0.1) is 12.8 Å². The predicted molar refractivity (Wildman–Crippen MR) is 66.2 cm³/mol. The molecule has 0 aromatic carbocycles. The van der Waals surface area contributed by atoms with E-state index in [0.29, 0.717) is 11.9 Å². The third-order valence-electron chi connectivity index (χ3n) is 3.48. The van der Waals surface area contributed by atoms with E-state index in [9.17, 15) is 0 Å². The molecule has 1 fully saturated rings. The van der Waals surface area contributed by atoms with Gasteiger partial charge < -0.3 is 11.1 Å². The summed E-state index contributed by atoms with van der Waals surface area (Å²) in [5, 5.41) is 3.48. The lowest BCUT2D eigenvalue weighted by Crippen LogP contribution is -2.26. The monoisotopic (exact) mass is 220 g/mol. The van der Waals surface area contributed by atoms with Crippen molar-refractivity contribution in [2.75, 3.05) is 11.1 Å². The average molecular weight is 220 g/mol. The van der Waals surface area contributed by atoms with E-state index >= 15 is 0 Å². The second-order valence-corrected chi connectivity index (χ2v) is 4.83. The summed E-state index contributed by atoms with van der Waals surface area (Å²) in [6, 6.07) is 0.546. The topological polar surface area (TPSA) is 63.8 Å². The van der Waals surface area contributed by atoms with E-state index < -0.39 is 0 Å². The first-order chi connectivity index (χ1) is 7.66. The van der Waals surface area contributed by atoms with Crippen LogP contribution in [0.15, 0.2) is 6.33 Å². The van der Waals surface area contributed by atoms with Crippen LogP contribution in [0.25, 0.3) is 0 Å². The quantitative estimate of drug-likeness (QED) is 0.803. The van der Waals surface area contributed by atoms with Gasteiger partial charge in [0.2, 0.25) is 0 Å². The highest BCUT2D eigenvalue weighted by Crippen LogP contribution is 2.26. The van der Waals surface area contributed by atoms with E-state index in [4.69, 9.17) is 5.73 Å². The van der Waals surface area contributed by atoms with E-state index in [0.717, 1.165) is 17.3 Å². The molecule has 0 amide bonds. The molecule has 0 atom stereocenters. The van der Waals surface area contributed by atoms with Crippen LogP contribution >= 0.6 is 0 Å². The number of hydrogen-bond donors (Lipinski definition) is 2. The Kier molecular flexibility index (Phi) is 3.27. The first kappa shape index (κ1) is 11.2. The minimum atomic E-state index is 0.546. The molecular formula is C12H20N4. The number of hydrogen-bond acceptors (Lipinski definition) is 4. The van der Waals surface area contributed by atoms with Crippen LogP contribution in [0.1, 0.15) is 38.2 Å². The van der Waals surface area contributed by atoms with Gasteiger partial charge in [-0.2, -0.15) is 0 Å². The van der Waals surface area contributed by atoms with Crippen LogP contribution in [0.2, 0.25) is 0 Å². The highest BCUT2D eigenvalue weighted by Gasteiger charge is 2.19. The van der Waals surface area contributed by atoms with Crippen molar-refractivity contribution >= 4 is 11.6 Å². The van der Waals surface area contributed by atoms with E-state index in [1.807, 2.05) is 6.92 Å². The van der Waals surface area contributed by atoms with Gasteiger partial charge in [0.15, 0.2) is 0 Å². The van der Waals surface area contributed by atoms with Crippen molar-refractivity contribution in [3.05, 3.63) is 11.9 Å². The van der Waals surface area contributed by atoms with Gasteiger partial charge in [0.1, 0.15) is 18.0 Å². The van der Waals surface area contributed by atoms with Crippen molar-refractivity contribution in [1.82, 2.24) is 9.97 Å². The standard InChI is InChI=1S/C12H20N4/c1-8-3-5-10(6-4-8)16-12-9(2)11(13)14-7-15-12/h7-8,10H,3-6H2,1-2H3,(H3,13,14,15,16). The number of nitrogens with one attached hydrogen (secondary N) is 1. The molecule has 3 N–H and O–H groups in total. The summed E-state index contributed by atoms with van der Waals surface area (Å²) in [4.78, 5) is 8.22. The highest BCUT2D eigenvalue weighted by molar-refractivity contribution is 5.54. The van der Waals surface area contributed by atoms with Crippen molar-refractivity contribution in [3.63, 3.8) is 0 Å². The summed E-state index contributed by atoms with van der Waals surface area (Å²) in [6.07, 6.45) is 6.58. The maximum absolute atomic E-state index is 5.76. The van der Waals surface area contributed by atoms with Crippen molar-refractivity contribution in [3.8, 4) is 0 Å². The zero-order valence-corrected chi connectivity index (χ0v) is 10.0. The molecule has 0 unspecified atom stereocenters. The Morgan fingerprint density at radius 2 is 1.94 bits per heavy atom. The minimum absolute atomic E-state index is 0.546. The smallest absolute Gasteiger partial charge is 0.134 e. The second kappa shape index (κ2) is 4.68. The fraction of sp³-hybridized carbons (Fsp3) is 0.667. The Labute approximate surface area is 96.7 Å². The van der Waals surface area contributed by atoms with Gasteiger partial charge >= 0.3 is 0 Å². The fourth-order valence-electron chi connectivity index (χ4n) is 2.21. The molecular weight excluding hydrogens is 200 g/mol. The van der Waals surface area contributed by atoms with Gasteiger partial charge in [0.25, 0.3) is 0 Å². The van der Waals surface area contributed by atoms with Crippen molar-refractivity contribution in [2.24, 2.45) is 5.92 Å².